The number of fused-ring (bicyclic) bond motifs is 1. The van der Waals surface area contributed by atoms with E-state index < -0.39 is 0 Å². The van der Waals surface area contributed by atoms with Crippen LogP contribution in [-0.4, -0.2) is 16.2 Å². The molecule has 0 aliphatic rings. The van der Waals surface area contributed by atoms with Crippen LogP contribution in [0.1, 0.15) is 5.56 Å². The average Bonchev–Trinajstić information content (AvgIpc) is 2.56. The van der Waals surface area contributed by atoms with Crippen LogP contribution in [0.5, 0.6) is 0 Å². The Morgan fingerprint density at radius 3 is 3.14 bits per heavy atom. The molecule has 0 aliphatic heterocycles. The summed E-state index contributed by atoms with van der Waals surface area (Å²) < 4.78 is 0. The van der Waals surface area contributed by atoms with Gasteiger partial charge in [-0.25, -0.2) is 4.98 Å². The molecule has 0 aromatic carbocycles. The van der Waals surface area contributed by atoms with E-state index in [4.69, 9.17) is 16.9 Å². The van der Waals surface area contributed by atoms with Gasteiger partial charge in [0.25, 0.3) is 0 Å². The van der Waals surface area contributed by atoms with Gasteiger partial charge in [0.2, 0.25) is 17.1 Å². The minimum Gasteiger partial charge on any atom is -0.266 e. The number of rotatable bonds is 1. The van der Waals surface area contributed by atoms with Crippen LogP contribution in [0.25, 0.3) is 11.0 Å². The van der Waals surface area contributed by atoms with E-state index in [0.717, 1.165) is 10.7 Å². The molecule has 2 aromatic heterocycles. The second-order valence-electron chi connectivity index (χ2n) is 2.59. The van der Waals surface area contributed by atoms with Gasteiger partial charge in [-0.3, -0.25) is 4.98 Å². The lowest BCUT2D eigenvalue weighted by Gasteiger charge is -1.86. The molecule has 2 rings (SSSR count). The Kier molecular flexibility index (Phi) is 2.32. The Morgan fingerprint density at radius 2 is 2.50 bits per heavy atom. The third kappa shape index (κ3) is 1.24. The van der Waals surface area contributed by atoms with Gasteiger partial charge in [-0.15, -0.1) is 0 Å². The van der Waals surface area contributed by atoms with Gasteiger partial charge in [-0.2, -0.15) is 5.26 Å². The number of hydrogen-bond acceptors (Lipinski definition) is 3. The Labute approximate surface area is 89.3 Å². The maximum atomic E-state index is 8.98. The highest BCUT2D eigenvalue weighted by Gasteiger charge is 2.19. The molecule has 0 unspecified atom stereocenters. The Hall–Kier alpha value is -1.25. The number of halogens is 1. The quantitative estimate of drug-likeness (QED) is 0.593. The standard InChI is InChI=1S/C8H5ClN4S/c1-14-8-4(2-10)5-6(9)11-3-12-7(5)13-8/h3H,1H3,(H,11,12,13)/p+1. The third-order valence-corrected chi connectivity index (χ3v) is 2.88. The number of thioether (sulfide) groups is 1. The van der Waals surface area contributed by atoms with Gasteiger partial charge in [-0.05, 0) is 17.9 Å². The van der Waals surface area contributed by atoms with Crippen LogP contribution in [0.2, 0.25) is 5.15 Å². The summed E-state index contributed by atoms with van der Waals surface area (Å²) >= 11 is 7.37. The fourth-order valence-electron chi connectivity index (χ4n) is 1.27. The van der Waals surface area contributed by atoms with Crippen molar-refractivity contribution in [3.8, 4) is 6.07 Å². The van der Waals surface area contributed by atoms with Crippen LogP contribution in [0, 0.1) is 11.3 Å². The largest absolute Gasteiger partial charge is 0.266 e. The predicted octanol–water partition coefficient (Wildman–Crippen LogP) is 1.62. The monoisotopic (exact) mass is 225 g/mol. The molecule has 0 radical (unpaired) electrons. The van der Waals surface area contributed by atoms with E-state index in [1.807, 2.05) is 6.26 Å². The molecular weight excluding hydrogens is 220 g/mol. The summed E-state index contributed by atoms with van der Waals surface area (Å²) in [6.45, 7) is 0. The highest BCUT2D eigenvalue weighted by Crippen LogP contribution is 2.28. The summed E-state index contributed by atoms with van der Waals surface area (Å²) in [7, 11) is 0. The Morgan fingerprint density at radius 1 is 1.71 bits per heavy atom. The van der Waals surface area contributed by atoms with E-state index in [-0.39, 0.29) is 0 Å². The van der Waals surface area contributed by atoms with Crippen molar-refractivity contribution in [3.05, 3.63) is 17.0 Å². The number of aromatic nitrogens is 3. The molecule has 70 valence electrons. The number of nitrogens with zero attached hydrogens (tertiary/aromatic N) is 2. The number of nitriles is 1. The molecule has 0 aliphatic carbocycles. The number of H-pyrrole nitrogens is 2. The summed E-state index contributed by atoms with van der Waals surface area (Å²) in [5.41, 5.74) is 1.27. The summed E-state index contributed by atoms with van der Waals surface area (Å²) in [6.07, 6.45) is 3.39. The molecule has 0 saturated carbocycles. The maximum absolute atomic E-state index is 8.98. The van der Waals surface area contributed by atoms with Crippen molar-refractivity contribution in [3.63, 3.8) is 0 Å². The Balaban J connectivity index is 2.90. The smallest absolute Gasteiger partial charge is 0.237 e. The van der Waals surface area contributed by atoms with E-state index in [2.05, 4.69) is 21.0 Å². The zero-order valence-electron chi connectivity index (χ0n) is 7.26. The highest BCUT2D eigenvalue weighted by atomic mass is 35.5. The predicted molar refractivity (Wildman–Crippen MR) is 54.2 cm³/mol. The number of nitrogens with one attached hydrogen (secondary N) is 2. The molecule has 0 spiro atoms. The Bertz CT molecular complexity index is 528. The number of hydrogen-bond donors (Lipinski definition) is 1. The van der Waals surface area contributed by atoms with Crippen molar-refractivity contribution in [1.82, 2.24) is 9.97 Å². The molecule has 6 heteroatoms. The van der Waals surface area contributed by atoms with Crippen LogP contribution in [0.15, 0.2) is 11.4 Å². The topological polar surface area (TPSA) is 66.6 Å². The minimum atomic E-state index is 0.340. The van der Waals surface area contributed by atoms with Gasteiger partial charge < -0.3 is 0 Å². The first-order valence-electron chi connectivity index (χ1n) is 3.80. The van der Waals surface area contributed by atoms with E-state index in [9.17, 15) is 0 Å². The summed E-state index contributed by atoms with van der Waals surface area (Å²) in [6, 6.07) is 2.11. The summed E-state index contributed by atoms with van der Waals surface area (Å²) in [4.78, 5) is 9.86. The van der Waals surface area contributed by atoms with Crippen molar-refractivity contribution < 1.29 is 4.98 Å². The van der Waals surface area contributed by atoms with Crippen LogP contribution in [-0.2, 0) is 0 Å². The number of aromatic amines is 2. The van der Waals surface area contributed by atoms with Crippen LogP contribution < -0.4 is 4.98 Å². The first-order valence-corrected chi connectivity index (χ1v) is 5.40. The van der Waals surface area contributed by atoms with E-state index in [1.165, 1.54) is 18.1 Å². The zero-order chi connectivity index (χ0) is 10.1. The lowest BCUT2D eigenvalue weighted by atomic mass is 10.3. The summed E-state index contributed by atoms with van der Waals surface area (Å²) in [5.74, 6) is 0. The minimum absolute atomic E-state index is 0.340. The normalized spacial score (nSPS) is 10.4. The molecular formula is C8H6ClN4S+. The molecule has 0 fully saturated rings. The second-order valence-corrected chi connectivity index (χ2v) is 3.76. The van der Waals surface area contributed by atoms with Crippen molar-refractivity contribution in [1.29, 1.82) is 5.26 Å². The van der Waals surface area contributed by atoms with Gasteiger partial charge in [0.15, 0.2) is 0 Å². The SMILES string of the molecule is CSc1[nH]c2[nH+]cnc(Cl)c2c1C#N. The first kappa shape index (κ1) is 9.31. The summed E-state index contributed by atoms with van der Waals surface area (Å²) in [5, 5.41) is 10.8. The molecule has 2 heterocycles. The third-order valence-electron chi connectivity index (χ3n) is 1.87. The first-order chi connectivity index (χ1) is 6.77. The van der Waals surface area contributed by atoms with Crippen molar-refractivity contribution in [2.75, 3.05) is 6.26 Å². The molecule has 0 atom stereocenters. The average molecular weight is 226 g/mol. The van der Waals surface area contributed by atoms with Crippen LogP contribution in [0.3, 0.4) is 0 Å². The van der Waals surface area contributed by atoms with Gasteiger partial charge in [0, 0.05) is 0 Å². The van der Waals surface area contributed by atoms with Crippen molar-refractivity contribution in [2.45, 2.75) is 5.03 Å². The molecule has 2 aromatic rings. The molecule has 0 bridgehead atoms. The lowest BCUT2D eigenvalue weighted by Crippen LogP contribution is -2.03. The highest BCUT2D eigenvalue weighted by molar-refractivity contribution is 7.98. The van der Waals surface area contributed by atoms with Gasteiger partial charge in [0.05, 0.1) is 0 Å². The van der Waals surface area contributed by atoms with Gasteiger partial charge in [-0.1, -0.05) is 16.7 Å². The molecule has 14 heavy (non-hydrogen) atoms. The van der Waals surface area contributed by atoms with Crippen molar-refractivity contribution >= 4 is 34.4 Å². The molecule has 4 nitrogen and oxygen atoms in total. The van der Waals surface area contributed by atoms with Gasteiger partial charge >= 0.3 is 0 Å². The van der Waals surface area contributed by atoms with E-state index in [1.54, 1.807) is 0 Å². The molecule has 0 saturated heterocycles. The lowest BCUT2D eigenvalue weighted by molar-refractivity contribution is -0.352. The van der Waals surface area contributed by atoms with Crippen LogP contribution in [0.4, 0.5) is 0 Å². The fourth-order valence-corrected chi connectivity index (χ4v) is 2.06. The van der Waals surface area contributed by atoms with E-state index in [0.29, 0.717) is 16.1 Å². The zero-order valence-corrected chi connectivity index (χ0v) is 8.83. The molecule has 2 N–H and O–H groups in total. The van der Waals surface area contributed by atoms with Crippen molar-refractivity contribution in [2.24, 2.45) is 0 Å². The second kappa shape index (κ2) is 3.48. The maximum Gasteiger partial charge on any atom is 0.237 e. The van der Waals surface area contributed by atoms with E-state index >= 15 is 0 Å². The fraction of sp³-hybridized carbons (Fsp3) is 0.125. The molecule has 0 amide bonds. The van der Waals surface area contributed by atoms with Gasteiger partial charge in [0.1, 0.15) is 22.0 Å². The van der Waals surface area contributed by atoms with Crippen LogP contribution >= 0.6 is 23.4 Å².